The first-order valence-corrected chi connectivity index (χ1v) is 9.01. The average molecular weight is 336 g/mol. The lowest BCUT2D eigenvalue weighted by Gasteiger charge is -2.11. The molecule has 0 atom stereocenters. The Hall–Kier alpha value is -1.93. The second-order valence-electron chi connectivity index (χ2n) is 5.17. The molecule has 0 radical (unpaired) electrons. The van der Waals surface area contributed by atoms with E-state index in [1.54, 1.807) is 13.0 Å². The van der Waals surface area contributed by atoms with Crippen LogP contribution in [0.1, 0.15) is 21.8 Å². The molecule has 1 aromatic carbocycles. The van der Waals surface area contributed by atoms with E-state index in [4.69, 9.17) is 0 Å². The summed E-state index contributed by atoms with van der Waals surface area (Å²) in [6, 6.07) is 5.52. The topological polar surface area (TPSA) is 76.4 Å². The number of hydrogen-bond acceptors (Lipinski definition) is 5. The highest BCUT2D eigenvalue weighted by Gasteiger charge is 2.26. The lowest BCUT2D eigenvalue weighted by Crippen LogP contribution is -2.17. The molecule has 3 aromatic rings. The molecule has 8 heteroatoms. The van der Waals surface area contributed by atoms with Crippen LogP contribution in [0.25, 0.3) is 4.96 Å². The van der Waals surface area contributed by atoms with Crippen LogP contribution in [-0.2, 0) is 10.0 Å². The summed E-state index contributed by atoms with van der Waals surface area (Å²) < 4.78 is 29.6. The summed E-state index contributed by atoms with van der Waals surface area (Å²) in [5.41, 5.74) is 2.94. The van der Waals surface area contributed by atoms with Gasteiger partial charge in [-0.25, -0.2) is 4.98 Å². The summed E-state index contributed by atoms with van der Waals surface area (Å²) >= 11 is 1.36. The summed E-state index contributed by atoms with van der Waals surface area (Å²) in [5.74, 6) is 0. The van der Waals surface area contributed by atoms with Gasteiger partial charge in [-0.2, -0.15) is 18.0 Å². The zero-order chi connectivity index (χ0) is 16.1. The van der Waals surface area contributed by atoms with E-state index in [0.717, 1.165) is 16.1 Å². The monoisotopic (exact) mass is 336 g/mol. The largest absolute Gasteiger partial charge is 0.281 e. The van der Waals surface area contributed by atoms with E-state index in [9.17, 15) is 8.42 Å². The Morgan fingerprint density at radius 1 is 1.18 bits per heavy atom. The summed E-state index contributed by atoms with van der Waals surface area (Å²) in [7, 11) is -3.76. The first-order valence-electron chi connectivity index (χ1n) is 6.71. The molecule has 1 N–H and O–H groups in total. The van der Waals surface area contributed by atoms with Gasteiger partial charge in [0.15, 0.2) is 0 Å². The molecule has 0 bridgehead atoms. The SMILES string of the molecule is Cc1nn2c(S(=O)(=O)Nc3cccc(C)c3C)c(C)nc2s1. The van der Waals surface area contributed by atoms with E-state index >= 15 is 0 Å². The molecule has 22 heavy (non-hydrogen) atoms. The standard InChI is InChI=1S/C14H16N4O2S2/c1-8-6-5-7-12(9(8)2)17-22(19,20)13-10(3)15-14-18(13)16-11(4)21-14/h5-7,17H,1-4H3. The number of aryl methyl sites for hydroxylation is 3. The Labute approximate surface area is 132 Å². The van der Waals surface area contributed by atoms with Crippen molar-refractivity contribution < 1.29 is 8.42 Å². The van der Waals surface area contributed by atoms with Crippen LogP contribution < -0.4 is 4.72 Å². The fraction of sp³-hybridized carbons (Fsp3) is 0.286. The minimum Gasteiger partial charge on any atom is -0.278 e. The van der Waals surface area contributed by atoms with Gasteiger partial charge in [0.25, 0.3) is 10.0 Å². The molecule has 0 saturated heterocycles. The fourth-order valence-corrected chi connectivity index (χ4v) is 4.53. The molecule has 3 rings (SSSR count). The van der Waals surface area contributed by atoms with E-state index in [1.165, 1.54) is 15.9 Å². The highest BCUT2D eigenvalue weighted by atomic mass is 32.2. The van der Waals surface area contributed by atoms with Crippen LogP contribution in [-0.4, -0.2) is 23.0 Å². The van der Waals surface area contributed by atoms with Gasteiger partial charge < -0.3 is 0 Å². The van der Waals surface area contributed by atoms with Gasteiger partial charge in [0.05, 0.1) is 11.4 Å². The third-order valence-electron chi connectivity index (χ3n) is 3.53. The number of hydrogen-bond donors (Lipinski definition) is 1. The number of sulfonamides is 1. The van der Waals surface area contributed by atoms with Gasteiger partial charge in [-0.1, -0.05) is 23.5 Å². The van der Waals surface area contributed by atoms with E-state index in [0.29, 0.717) is 16.3 Å². The molecular formula is C14H16N4O2S2. The lowest BCUT2D eigenvalue weighted by molar-refractivity contribution is 0.592. The number of aromatic nitrogens is 3. The van der Waals surface area contributed by atoms with Gasteiger partial charge in [-0.05, 0) is 44.9 Å². The molecule has 0 spiro atoms. The highest BCUT2D eigenvalue weighted by Crippen LogP contribution is 2.25. The first-order chi connectivity index (χ1) is 10.3. The third-order valence-corrected chi connectivity index (χ3v) is 5.82. The molecule has 116 valence electrons. The van der Waals surface area contributed by atoms with Crippen molar-refractivity contribution in [1.29, 1.82) is 0 Å². The maximum absolute atomic E-state index is 12.8. The zero-order valence-corrected chi connectivity index (χ0v) is 14.3. The van der Waals surface area contributed by atoms with Gasteiger partial charge in [0.1, 0.15) is 5.01 Å². The third kappa shape index (κ3) is 2.38. The summed E-state index contributed by atoms with van der Waals surface area (Å²) in [6.45, 7) is 7.33. The minimum absolute atomic E-state index is 0.0905. The Morgan fingerprint density at radius 2 is 1.91 bits per heavy atom. The number of fused-ring (bicyclic) bond motifs is 1. The van der Waals surface area contributed by atoms with Crippen LogP contribution in [0.4, 0.5) is 5.69 Å². The number of imidazole rings is 1. The molecule has 2 aromatic heterocycles. The Balaban J connectivity index is 2.12. The van der Waals surface area contributed by atoms with Crippen molar-refractivity contribution >= 4 is 32.0 Å². The highest BCUT2D eigenvalue weighted by molar-refractivity contribution is 7.92. The normalized spacial score (nSPS) is 12.0. The quantitative estimate of drug-likeness (QED) is 0.798. The summed E-state index contributed by atoms with van der Waals surface area (Å²) in [5, 5.41) is 5.10. The maximum atomic E-state index is 12.8. The predicted molar refractivity (Wildman–Crippen MR) is 87.1 cm³/mol. The van der Waals surface area contributed by atoms with Crippen molar-refractivity contribution in [3.05, 3.63) is 40.0 Å². The number of nitrogens with zero attached hydrogens (tertiary/aromatic N) is 3. The molecule has 0 unspecified atom stereocenters. The molecule has 0 saturated carbocycles. The van der Waals surface area contributed by atoms with Crippen molar-refractivity contribution in [1.82, 2.24) is 14.6 Å². The second-order valence-corrected chi connectivity index (χ2v) is 7.93. The van der Waals surface area contributed by atoms with E-state index < -0.39 is 10.0 Å². The molecule has 0 aliphatic rings. The molecular weight excluding hydrogens is 320 g/mol. The second kappa shape index (κ2) is 5.06. The van der Waals surface area contributed by atoms with Crippen molar-refractivity contribution in [2.75, 3.05) is 4.72 Å². The number of nitrogens with one attached hydrogen (secondary N) is 1. The van der Waals surface area contributed by atoms with Gasteiger partial charge in [0, 0.05) is 0 Å². The smallest absolute Gasteiger partial charge is 0.278 e. The Bertz CT molecular complexity index is 970. The van der Waals surface area contributed by atoms with Crippen LogP contribution in [0.3, 0.4) is 0 Å². The van der Waals surface area contributed by atoms with Gasteiger partial charge in [-0.3, -0.25) is 4.72 Å². The molecule has 6 nitrogen and oxygen atoms in total. The minimum atomic E-state index is -3.76. The van der Waals surface area contributed by atoms with Gasteiger partial charge in [0.2, 0.25) is 9.99 Å². The molecule has 2 heterocycles. The average Bonchev–Trinajstić information content (AvgIpc) is 2.89. The molecule has 0 aliphatic heterocycles. The van der Waals surface area contributed by atoms with E-state index in [1.807, 2.05) is 32.9 Å². The summed E-state index contributed by atoms with van der Waals surface area (Å²) in [4.78, 5) is 4.86. The lowest BCUT2D eigenvalue weighted by atomic mass is 10.1. The fourth-order valence-electron chi connectivity index (χ4n) is 2.29. The van der Waals surface area contributed by atoms with Crippen LogP contribution in [0.2, 0.25) is 0 Å². The van der Waals surface area contributed by atoms with Crippen LogP contribution in [0.5, 0.6) is 0 Å². The number of benzene rings is 1. The maximum Gasteiger partial charge on any atom is 0.281 e. The zero-order valence-electron chi connectivity index (χ0n) is 12.7. The predicted octanol–water partition coefficient (Wildman–Crippen LogP) is 2.83. The molecule has 0 aliphatic carbocycles. The van der Waals surface area contributed by atoms with E-state index in [-0.39, 0.29) is 5.03 Å². The van der Waals surface area contributed by atoms with Crippen molar-refractivity contribution in [3.63, 3.8) is 0 Å². The van der Waals surface area contributed by atoms with Crippen molar-refractivity contribution in [3.8, 4) is 0 Å². The van der Waals surface area contributed by atoms with Crippen LogP contribution in [0.15, 0.2) is 23.2 Å². The number of anilines is 1. The Kier molecular flexibility index (Phi) is 3.45. The van der Waals surface area contributed by atoms with Gasteiger partial charge in [-0.15, -0.1) is 0 Å². The van der Waals surface area contributed by atoms with Gasteiger partial charge >= 0.3 is 0 Å². The first kappa shape index (κ1) is 15.0. The van der Waals surface area contributed by atoms with E-state index in [2.05, 4.69) is 14.8 Å². The van der Waals surface area contributed by atoms with Crippen molar-refractivity contribution in [2.45, 2.75) is 32.7 Å². The van der Waals surface area contributed by atoms with Crippen LogP contribution >= 0.6 is 11.3 Å². The molecule has 0 fully saturated rings. The number of rotatable bonds is 3. The molecule has 0 amide bonds. The Morgan fingerprint density at radius 3 is 2.64 bits per heavy atom. The van der Waals surface area contributed by atoms with Crippen LogP contribution in [0, 0.1) is 27.7 Å². The van der Waals surface area contributed by atoms with Crippen molar-refractivity contribution in [2.24, 2.45) is 0 Å². The summed E-state index contributed by atoms with van der Waals surface area (Å²) in [6.07, 6.45) is 0.